The van der Waals surface area contributed by atoms with E-state index in [1.54, 1.807) is 36.4 Å². The Hall–Kier alpha value is -3.78. The predicted octanol–water partition coefficient (Wildman–Crippen LogP) is 6.28. The van der Waals surface area contributed by atoms with Crippen LogP contribution in [0, 0.1) is 6.92 Å². The van der Waals surface area contributed by atoms with E-state index in [0.717, 1.165) is 28.6 Å². The van der Waals surface area contributed by atoms with Crippen molar-refractivity contribution in [2.75, 3.05) is 20.3 Å². The molecule has 0 spiro atoms. The van der Waals surface area contributed by atoms with Crippen molar-refractivity contribution in [3.63, 3.8) is 0 Å². The van der Waals surface area contributed by atoms with Gasteiger partial charge in [0.15, 0.2) is 0 Å². The summed E-state index contributed by atoms with van der Waals surface area (Å²) < 4.78 is 16.7. The number of methoxy groups -OCH3 is 1. The summed E-state index contributed by atoms with van der Waals surface area (Å²) in [5.41, 5.74) is 3.11. The maximum atomic E-state index is 12.9. The fourth-order valence-electron chi connectivity index (χ4n) is 3.87. The average Bonchev–Trinajstić information content (AvgIpc) is 3.43. The fraction of sp³-hybridized carbons (Fsp3) is 0.250. The van der Waals surface area contributed by atoms with Crippen LogP contribution >= 0.6 is 11.8 Å². The second-order valence-electron chi connectivity index (χ2n) is 8.62. The Morgan fingerprint density at radius 2 is 1.89 bits per heavy atom. The van der Waals surface area contributed by atoms with E-state index in [9.17, 15) is 14.4 Å². The van der Waals surface area contributed by atoms with Gasteiger partial charge in [-0.3, -0.25) is 14.5 Å². The molecule has 0 aliphatic carbocycles. The number of furan rings is 1. The number of rotatable bonds is 8. The van der Waals surface area contributed by atoms with Crippen LogP contribution in [0.2, 0.25) is 0 Å². The van der Waals surface area contributed by atoms with E-state index in [1.807, 2.05) is 25.1 Å². The minimum Gasteiger partial charge on any atom is -0.491 e. The second kappa shape index (κ2) is 10.9. The lowest BCUT2D eigenvalue weighted by Gasteiger charge is -2.17. The van der Waals surface area contributed by atoms with Crippen molar-refractivity contribution in [1.29, 1.82) is 0 Å². The van der Waals surface area contributed by atoms with Crippen LogP contribution in [-0.2, 0) is 9.53 Å². The maximum Gasteiger partial charge on any atom is 0.338 e. The van der Waals surface area contributed by atoms with Crippen LogP contribution < -0.4 is 4.74 Å². The number of carbonyl (C=O) groups is 3. The molecule has 2 aromatic carbocycles. The van der Waals surface area contributed by atoms with Crippen LogP contribution in [-0.4, -0.2) is 42.3 Å². The number of thioether (sulfide) groups is 1. The summed E-state index contributed by atoms with van der Waals surface area (Å²) in [6, 6.07) is 16.4. The van der Waals surface area contributed by atoms with Crippen molar-refractivity contribution in [2.24, 2.45) is 0 Å². The van der Waals surface area contributed by atoms with Gasteiger partial charge in [0.25, 0.3) is 11.1 Å². The average molecular weight is 506 g/mol. The quantitative estimate of drug-likeness (QED) is 0.263. The summed E-state index contributed by atoms with van der Waals surface area (Å²) in [6.45, 7) is 6.51. The highest BCUT2D eigenvalue weighted by atomic mass is 32.2. The van der Waals surface area contributed by atoms with Crippen LogP contribution in [0.5, 0.6) is 5.75 Å². The molecule has 0 unspecified atom stereocenters. The normalized spacial score (nSPS) is 14.7. The molecule has 1 aromatic heterocycles. The zero-order valence-corrected chi connectivity index (χ0v) is 21.4. The molecule has 7 nitrogen and oxygen atoms in total. The van der Waals surface area contributed by atoms with E-state index in [0.29, 0.717) is 28.6 Å². The van der Waals surface area contributed by atoms with E-state index in [-0.39, 0.29) is 23.3 Å². The third kappa shape index (κ3) is 5.39. The molecule has 8 heteroatoms. The van der Waals surface area contributed by atoms with Crippen LogP contribution in [0.15, 0.2) is 63.9 Å². The van der Waals surface area contributed by atoms with Gasteiger partial charge >= 0.3 is 5.97 Å². The Bertz CT molecular complexity index is 1340. The third-order valence-corrected chi connectivity index (χ3v) is 6.64. The summed E-state index contributed by atoms with van der Waals surface area (Å²) >= 11 is 0.859. The SMILES string of the molecule is COC(=O)c1ccccc1-c1ccc(/C=C2\SC(=O)N(CCOc3cc(C)ccc3C(C)C)C2=O)o1. The molecule has 1 fully saturated rings. The number of carbonyl (C=O) groups excluding carboxylic acids is 3. The Morgan fingerprint density at radius 3 is 2.64 bits per heavy atom. The maximum absolute atomic E-state index is 12.9. The molecule has 36 heavy (non-hydrogen) atoms. The first-order valence-corrected chi connectivity index (χ1v) is 12.4. The van der Waals surface area contributed by atoms with Gasteiger partial charge < -0.3 is 13.9 Å². The first kappa shape index (κ1) is 25.3. The summed E-state index contributed by atoms with van der Waals surface area (Å²) in [7, 11) is 1.32. The molecule has 4 rings (SSSR count). The number of benzene rings is 2. The lowest BCUT2D eigenvalue weighted by atomic mass is 10.0. The van der Waals surface area contributed by atoms with E-state index in [2.05, 4.69) is 13.8 Å². The lowest BCUT2D eigenvalue weighted by molar-refractivity contribution is -0.123. The van der Waals surface area contributed by atoms with E-state index in [1.165, 1.54) is 18.1 Å². The Balaban J connectivity index is 1.45. The molecule has 3 aromatic rings. The number of nitrogens with zero attached hydrogens (tertiary/aromatic N) is 1. The number of hydrogen-bond donors (Lipinski definition) is 0. The molecule has 0 bridgehead atoms. The summed E-state index contributed by atoms with van der Waals surface area (Å²) in [6.07, 6.45) is 1.54. The molecule has 0 radical (unpaired) electrons. The molecule has 0 N–H and O–H groups in total. The van der Waals surface area contributed by atoms with Gasteiger partial charge in [-0.25, -0.2) is 4.79 Å². The van der Waals surface area contributed by atoms with Gasteiger partial charge in [0.1, 0.15) is 23.9 Å². The van der Waals surface area contributed by atoms with Crippen molar-refractivity contribution in [3.05, 3.63) is 82.0 Å². The minimum absolute atomic E-state index is 0.142. The van der Waals surface area contributed by atoms with E-state index >= 15 is 0 Å². The zero-order chi connectivity index (χ0) is 25.8. The van der Waals surface area contributed by atoms with Gasteiger partial charge in [-0.15, -0.1) is 0 Å². The van der Waals surface area contributed by atoms with E-state index in [4.69, 9.17) is 13.9 Å². The molecule has 1 aliphatic heterocycles. The topological polar surface area (TPSA) is 86.0 Å². The van der Waals surface area contributed by atoms with E-state index < -0.39 is 11.9 Å². The Morgan fingerprint density at radius 1 is 1.11 bits per heavy atom. The van der Waals surface area contributed by atoms with Gasteiger partial charge in [-0.1, -0.05) is 44.2 Å². The number of aryl methyl sites for hydroxylation is 1. The predicted molar refractivity (Wildman–Crippen MR) is 139 cm³/mol. The molecular weight excluding hydrogens is 478 g/mol. The third-order valence-electron chi connectivity index (χ3n) is 5.74. The number of ether oxygens (including phenoxy) is 2. The van der Waals surface area contributed by atoms with Crippen LogP contribution in [0.3, 0.4) is 0 Å². The first-order valence-electron chi connectivity index (χ1n) is 11.5. The Kier molecular flexibility index (Phi) is 7.64. The Labute approximate surface area is 214 Å². The van der Waals surface area contributed by atoms with Crippen molar-refractivity contribution in [2.45, 2.75) is 26.7 Å². The largest absolute Gasteiger partial charge is 0.491 e. The van der Waals surface area contributed by atoms with Gasteiger partial charge in [0, 0.05) is 11.6 Å². The van der Waals surface area contributed by atoms with Crippen molar-refractivity contribution in [1.82, 2.24) is 4.90 Å². The molecule has 2 heterocycles. The fourth-order valence-corrected chi connectivity index (χ4v) is 4.72. The first-order chi connectivity index (χ1) is 17.3. The number of imide groups is 1. The lowest BCUT2D eigenvalue weighted by Crippen LogP contribution is -2.32. The molecular formula is C28H27NO6S. The highest BCUT2D eigenvalue weighted by molar-refractivity contribution is 8.18. The van der Waals surface area contributed by atoms with Crippen molar-refractivity contribution >= 4 is 35.0 Å². The van der Waals surface area contributed by atoms with Crippen LogP contribution in [0.1, 0.15) is 47.0 Å². The molecule has 0 atom stereocenters. The van der Waals surface area contributed by atoms with Gasteiger partial charge in [-0.2, -0.15) is 0 Å². The molecule has 0 saturated carbocycles. The standard InChI is InChI=1S/C28H27NO6S/c1-17(2)20-11-9-18(3)15-24(20)34-14-13-29-26(30)25(36-28(29)32)16-19-10-12-23(35-19)21-7-5-6-8-22(21)27(31)33-4/h5-12,15-17H,13-14H2,1-4H3/b25-16-. The number of esters is 1. The second-order valence-corrected chi connectivity index (χ2v) is 9.61. The molecule has 186 valence electrons. The monoisotopic (exact) mass is 505 g/mol. The molecule has 1 aliphatic rings. The summed E-state index contributed by atoms with van der Waals surface area (Å²) in [5.74, 6) is 1.04. The van der Waals surface area contributed by atoms with Crippen LogP contribution in [0.4, 0.5) is 4.79 Å². The summed E-state index contributed by atoms with van der Waals surface area (Å²) in [4.78, 5) is 39.0. The van der Waals surface area contributed by atoms with Gasteiger partial charge in [-0.05, 0) is 60.0 Å². The smallest absolute Gasteiger partial charge is 0.338 e. The number of hydrogen-bond acceptors (Lipinski definition) is 7. The highest BCUT2D eigenvalue weighted by Crippen LogP contribution is 2.34. The zero-order valence-electron chi connectivity index (χ0n) is 20.6. The van der Waals surface area contributed by atoms with Gasteiger partial charge in [0.2, 0.25) is 0 Å². The van der Waals surface area contributed by atoms with Crippen molar-refractivity contribution in [3.8, 4) is 17.1 Å². The molecule has 2 amide bonds. The van der Waals surface area contributed by atoms with Crippen LogP contribution in [0.25, 0.3) is 17.4 Å². The summed E-state index contributed by atoms with van der Waals surface area (Å²) in [5, 5.41) is -0.356. The molecule has 1 saturated heterocycles. The van der Waals surface area contributed by atoms with Gasteiger partial charge in [0.05, 0.1) is 24.1 Å². The highest BCUT2D eigenvalue weighted by Gasteiger charge is 2.35. The van der Waals surface area contributed by atoms with Crippen molar-refractivity contribution < 1.29 is 28.3 Å². The minimum atomic E-state index is -0.474. The number of amides is 2.